The first-order valence-electron chi connectivity index (χ1n) is 7.31. The molecule has 1 aliphatic heterocycles. The molecule has 8 nitrogen and oxygen atoms in total. The molecule has 136 valence electrons. The molecule has 1 aliphatic rings. The molecule has 1 heterocycles. The molecule has 1 aromatic carbocycles. The van der Waals surface area contributed by atoms with Crippen LogP contribution in [0.2, 0.25) is 5.02 Å². The van der Waals surface area contributed by atoms with Crippen LogP contribution in [-0.2, 0) is 14.3 Å². The average Bonchev–Trinajstić information content (AvgIpc) is 2.54. The van der Waals surface area contributed by atoms with E-state index >= 15 is 0 Å². The van der Waals surface area contributed by atoms with Crippen LogP contribution in [0.3, 0.4) is 0 Å². The minimum Gasteiger partial charge on any atom is -0.463 e. The number of halogens is 2. The Hall–Kier alpha value is -3.12. The molecule has 0 saturated heterocycles. The molecule has 0 aliphatic carbocycles. The standard InChI is InChI=1S/C16H13ClFN3O5/c1-3-25-16(22)13-7(2)26-15(20)9(6-19)14(13)8-4-12(21(23)24)10(17)5-11(8)18/h4-5,14H,3,20H2,1-2H3. The van der Waals surface area contributed by atoms with Crippen molar-refractivity contribution in [1.29, 1.82) is 5.26 Å². The van der Waals surface area contributed by atoms with E-state index < -0.39 is 33.3 Å². The van der Waals surface area contributed by atoms with Crippen LogP contribution in [0.4, 0.5) is 10.1 Å². The number of hydrogen-bond donors (Lipinski definition) is 1. The average molecular weight is 382 g/mol. The van der Waals surface area contributed by atoms with Crippen LogP contribution in [0.5, 0.6) is 0 Å². The van der Waals surface area contributed by atoms with E-state index in [0.717, 1.165) is 12.1 Å². The maximum atomic E-state index is 14.6. The highest BCUT2D eigenvalue weighted by Crippen LogP contribution is 2.42. The molecule has 26 heavy (non-hydrogen) atoms. The topological polar surface area (TPSA) is 128 Å². The van der Waals surface area contributed by atoms with Crippen LogP contribution < -0.4 is 5.73 Å². The van der Waals surface area contributed by atoms with Crippen LogP contribution in [0.1, 0.15) is 25.3 Å². The van der Waals surface area contributed by atoms with Crippen molar-refractivity contribution < 1.29 is 23.6 Å². The zero-order valence-corrected chi connectivity index (χ0v) is 14.5. The SMILES string of the molecule is CCOC(=O)C1=C(C)OC(N)=C(C#N)C1c1cc([N+](=O)[O-])c(Cl)cc1F. The zero-order valence-electron chi connectivity index (χ0n) is 13.7. The molecule has 1 aromatic rings. The van der Waals surface area contributed by atoms with Gasteiger partial charge < -0.3 is 15.2 Å². The van der Waals surface area contributed by atoms with Crippen molar-refractivity contribution in [3.05, 3.63) is 61.4 Å². The van der Waals surface area contributed by atoms with Gasteiger partial charge >= 0.3 is 5.97 Å². The number of nitrogens with two attached hydrogens (primary N) is 1. The summed E-state index contributed by atoms with van der Waals surface area (Å²) in [5.41, 5.74) is 4.35. The minimum atomic E-state index is -1.33. The highest BCUT2D eigenvalue weighted by atomic mass is 35.5. The lowest BCUT2D eigenvalue weighted by molar-refractivity contribution is -0.384. The number of hydrogen-bond acceptors (Lipinski definition) is 7. The number of nitro benzene ring substituents is 1. The van der Waals surface area contributed by atoms with E-state index in [1.165, 1.54) is 6.92 Å². The van der Waals surface area contributed by atoms with Crippen molar-refractivity contribution in [2.45, 2.75) is 19.8 Å². The molecule has 2 N–H and O–H groups in total. The van der Waals surface area contributed by atoms with Gasteiger partial charge in [-0.15, -0.1) is 0 Å². The Morgan fingerprint density at radius 2 is 2.23 bits per heavy atom. The second-order valence-corrected chi connectivity index (χ2v) is 5.60. The van der Waals surface area contributed by atoms with Gasteiger partial charge in [0.05, 0.1) is 23.0 Å². The Kier molecular flexibility index (Phi) is 5.47. The first-order valence-corrected chi connectivity index (χ1v) is 7.69. The lowest BCUT2D eigenvalue weighted by atomic mass is 9.82. The van der Waals surface area contributed by atoms with E-state index in [4.69, 9.17) is 26.8 Å². The number of esters is 1. The molecule has 2 rings (SSSR count). The van der Waals surface area contributed by atoms with Gasteiger partial charge in [0.25, 0.3) is 5.69 Å². The smallest absolute Gasteiger partial charge is 0.338 e. The maximum Gasteiger partial charge on any atom is 0.338 e. The van der Waals surface area contributed by atoms with Gasteiger partial charge in [-0.25, -0.2) is 9.18 Å². The highest BCUT2D eigenvalue weighted by Gasteiger charge is 2.38. The largest absolute Gasteiger partial charge is 0.463 e. The summed E-state index contributed by atoms with van der Waals surface area (Å²) >= 11 is 5.70. The Bertz CT molecular complexity index is 904. The summed E-state index contributed by atoms with van der Waals surface area (Å²) in [4.78, 5) is 22.7. The number of allylic oxidation sites excluding steroid dienone is 2. The molecular formula is C16H13ClFN3O5. The molecular weight excluding hydrogens is 369 g/mol. The third kappa shape index (κ3) is 3.32. The third-order valence-electron chi connectivity index (χ3n) is 3.67. The number of nitriles is 1. The van der Waals surface area contributed by atoms with Gasteiger partial charge in [0.15, 0.2) is 0 Å². The summed E-state index contributed by atoms with van der Waals surface area (Å²) in [7, 11) is 0. The van der Waals surface area contributed by atoms with E-state index in [1.54, 1.807) is 13.0 Å². The molecule has 0 aromatic heterocycles. The molecule has 0 spiro atoms. The van der Waals surface area contributed by atoms with Gasteiger partial charge in [0, 0.05) is 11.6 Å². The van der Waals surface area contributed by atoms with Gasteiger partial charge in [-0.1, -0.05) is 11.6 Å². The van der Waals surface area contributed by atoms with Crippen LogP contribution in [0.25, 0.3) is 0 Å². The van der Waals surface area contributed by atoms with Crippen molar-refractivity contribution >= 4 is 23.3 Å². The molecule has 0 bridgehead atoms. The zero-order chi connectivity index (χ0) is 19.6. The van der Waals surface area contributed by atoms with Gasteiger partial charge in [-0.05, 0) is 19.9 Å². The van der Waals surface area contributed by atoms with Crippen molar-refractivity contribution in [2.75, 3.05) is 6.61 Å². The lowest BCUT2D eigenvalue weighted by Gasteiger charge is -2.27. The second kappa shape index (κ2) is 7.41. The Balaban J connectivity index is 2.78. The summed E-state index contributed by atoms with van der Waals surface area (Å²) in [5.74, 6) is -3.46. The first kappa shape index (κ1) is 19.2. The van der Waals surface area contributed by atoms with Crippen LogP contribution in [0, 0.1) is 27.3 Å². The molecule has 1 unspecified atom stereocenters. The van der Waals surface area contributed by atoms with Crippen molar-refractivity contribution in [1.82, 2.24) is 0 Å². The monoisotopic (exact) mass is 381 g/mol. The number of carbonyl (C=O) groups is 1. The summed E-state index contributed by atoms with van der Waals surface area (Å²) in [6.45, 7) is 2.98. The molecule has 1 atom stereocenters. The van der Waals surface area contributed by atoms with Crippen LogP contribution >= 0.6 is 11.6 Å². The van der Waals surface area contributed by atoms with Crippen molar-refractivity contribution in [3.8, 4) is 6.07 Å². The van der Waals surface area contributed by atoms with Crippen molar-refractivity contribution in [3.63, 3.8) is 0 Å². The van der Waals surface area contributed by atoms with Crippen molar-refractivity contribution in [2.24, 2.45) is 5.73 Å². The predicted octanol–water partition coefficient (Wildman–Crippen LogP) is 3.03. The summed E-state index contributed by atoms with van der Waals surface area (Å²) in [6, 6.07) is 3.37. The summed E-state index contributed by atoms with van der Waals surface area (Å²) in [6.07, 6.45) is 0. The van der Waals surface area contributed by atoms with E-state index in [2.05, 4.69) is 0 Å². The Morgan fingerprint density at radius 3 is 2.77 bits per heavy atom. The molecule has 0 amide bonds. The number of benzene rings is 1. The first-order chi connectivity index (χ1) is 12.2. The number of nitro groups is 1. The van der Waals surface area contributed by atoms with E-state index in [0.29, 0.717) is 0 Å². The summed E-state index contributed by atoms with van der Waals surface area (Å²) in [5, 5.41) is 20.1. The maximum absolute atomic E-state index is 14.6. The fourth-order valence-electron chi connectivity index (χ4n) is 2.58. The third-order valence-corrected chi connectivity index (χ3v) is 3.98. The van der Waals surface area contributed by atoms with Gasteiger partial charge in [-0.2, -0.15) is 5.26 Å². The van der Waals surface area contributed by atoms with E-state index in [1.807, 2.05) is 0 Å². The van der Waals surface area contributed by atoms with Crippen LogP contribution in [0.15, 0.2) is 34.9 Å². The fraction of sp³-hybridized carbons (Fsp3) is 0.250. The fourth-order valence-corrected chi connectivity index (χ4v) is 2.80. The van der Waals surface area contributed by atoms with Gasteiger partial charge in [0.2, 0.25) is 5.88 Å². The van der Waals surface area contributed by atoms with Gasteiger partial charge in [0.1, 0.15) is 28.2 Å². The summed E-state index contributed by atoms with van der Waals surface area (Å²) < 4.78 is 24.7. The van der Waals surface area contributed by atoms with Gasteiger partial charge in [-0.3, -0.25) is 10.1 Å². The normalized spacial score (nSPS) is 16.8. The highest BCUT2D eigenvalue weighted by molar-refractivity contribution is 6.32. The molecule has 0 fully saturated rings. The quantitative estimate of drug-likeness (QED) is 0.482. The van der Waals surface area contributed by atoms with E-state index in [9.17, 15) is 24.6 Å². The Labute approximate surface area is 152 Å². The predicted molar refractivity (Wildman–Crippen MR) is 88.0 cm³/mol. The van der Waals surface area contributed by atoms with Crippen LogP contribution in [-0.4, -0.2) is 17.5 Å². The lowest BCUT2D eigenvalue weighted by Crippen LogP contribution is -2.26. The number of carbonyl (C=O) groups excluding carboxylic acids is 1. The molecule has 10 heteroatoms. The molecule has 0 saturated carbocycles. The minimum absolute atomic E-state index is 0.00181. The second-order valence-electron chi connectivity index (χ2n) is 5.20. The number of ether oxygens (including phenoxy) is 2. The molecule has 0 radical (unpaired) electrons. The Morgan fingerprint density at radius 1 is 1.58 bits per heavy atom. The van der Waals surface area contributed by atoms with E-state index in [-0.39, 0.29) is 35.0 Å². The number of rotatable bonds is 4. The number of nitrogens with zero attached hydrogens (tertiary/aromatic N) is 2.